The molecule has 1 saturated carbocycles. The molecule has 3 heteroatoms. The third-order valence-corrected chi connectivity index (χ3v) is 3.61. The van der Waals surface area contributed by atoms with E-state index in [1.54, 1.807) is 6.92 Å². The van der Waals surface area contributed by atoms with Crippen molar-refractivity contribution in [1.82, 2.24) is 5.32 Å². The van der Waals surface area contributed by atoms with Gasteiger partial charge in [0.1, 0.15) is 0 Å². The minimum atomic E-state index is -0.260. The van der Waals surface area contributed by atoms with E-state index in [2.05, 4.69) is 33.0 Å². The molecular formula is C12H24N2O. The zero-order valence-electron chi connectivity index (χ0n) is 10.6. The van der Waals surface area contributed by atoms with Crippen LogP contribution in [0.4, 0.5) is 0 Å². The van der Waals surface area contributed by atoms with E-state index < -0.39 is 0 Å². The number of carbonyl (C=O) groups excluding carboxylic acids is 1. The second-order valence-corrected chi connectivity index (χ2v) is 6.21. The molecule has 1 amide bonds. The molecule has 0 radical (unpaired) electrons. The van der Waals surface area contributed by atoms with Crippen LogP contribution >= 0.6 is 0 Å². The molecule has 0 unspecified atom stereocenters. The van der Waals surface area contributed by atoms with Crippen LogP contribution < -0.4 is 11.1 Å². The first-order valence-electron chi connectivity index (χ1n) is 5.73. The van der Waals surface area contributed by atoms with Crippen LogP contribution in [0, 0.1) is 16.7 Å². The van der Waals surface area contributed by atoms with Gasteiger partial charge < -0.3 is 11.1 Å². The van der Waals surface area contributed by atoms with Crippen molar-refractivity contribution >= 4 is 5.91 Å². The third-order valence-electron chi connectivity index (χ3n) is 3.61. The average molecular weight is 212 g/mol. The molecule has 0 aromatic carbocycles. The summed E-state index contributed by atoms with van der Waals surface area (Å²) in [6, 6.07) is 0. The molecule has 0 aromatic rings. The summed E-state index contributed by atoms with van der Waals surface area (Å²) >= 11 is 0. The van der Waals surface area contributed by atoms with Gasteiger partial charge in [0.05, 0.1) is 6.17 Å². The number of hydrogen-bond acceptors (Lipinski definition) is 2. The highest BCUT2D eigenvalue weighted by atomic mass is 16.2. The number of carbonyl (C=O) groups is 1. The van der Waals surface area contributed by atoms with Crippen molar-refractivity contribution < 1.29 is 4.79 Å². The fourth-order valence-corrected chi connectivity index (χ4v) is 3.01. The van der Waals surface area contributed by atoms with Crippen LogP contribution in [-0.2, 0) is 4.79 Å². The zero-order chi connectivity index (χ0) is 11.9. The fourth-order valence-electron chi connectivity index (χ4n) is 3.01. The zero-order valence-corrected chi connectivity index (χ0v) is 10.6. The molecule has 15 heavy (non-hydrogen) atoms. The Labute approximate surface area is 92.8 Å². The molecule has 1 fully saturated rings. The van der Waals surface area contributed by atoms with Crippen LogP contribution in [0.5, 0.6) is 0 Å². The Morgan fingerprint density at radius 1 is 1.27 bits per heavy atom. The van der Waals surface area contributed by atoms with Gasteiger partial charge in [-0.1, -0.05) is 27.7 Å². The van der Waals surface area contributed by atoms with Gasteiger partial charge in [-0.2, -0.15) is 0 Å². The normalized spacial score (nSPS) is 26.3. The van der Waals surface area contributed by atoms with E-state index in [-0.39, 0.29) is 28.8 Å². The lowest BCUT2D eigenvalue weighted by Gasteiger charge is -2.34. The van der Waals surface area contributed by atoms with E-state index in [0.29, 0.717) is 0 Å². The highest BCUT2D eigenvalue weighted by molar-refractivity contribution is 5.80. The van der Waals surface area contributed by atoms with Crippen molar-refractivity contribution in [2.24, 2.45) is 22.5 Å². The van der Waals surface area contributed by atoms with Crippen LogP contribution in [0.25, 0.3) is 0 Å². The Bertz CT molecular complexity index is 240. The van der Waals surface area contributed by atoms with E-state index in [1.165, 1.54) is 0 Å². The number of rotatable bonds is 2. The lowest BCUT2D eigenvalue weighted by Crippen LogP contribution is -2.48. The molecule has 1 rings (SSSR count). The van der Waals surface area contributed by atoms with E-state index >= 15 is 0 Å². The Morgan fingerprint density at radius 3 is 2.00 bits per heavy atom. The van der Waals surface area contributed by atoms with Crippen LogP contribution in [-0.4, -0.2) is 12.1 Å². The van der Waals surface area contributed by atoms with Crippen molar-refractivity contribution in [3.05, 3.63) is 0 Å². The van der Waals surface area contributed by atoms with Gasteiger partial charge in [0.25, 0.3) is 0 Å². The van der Waals surface area contributed by atoms with Crippen LogP contribution in [0.1, 0.15) is 47.5 Å². The van der Waals surface area contributed by atoms with Gasteiger partial charge in [-0.05, 0) is 30.6 Å². The second kappa shape index (κ2) is 3.78. The van der Waals surface area contributed by atoms with E-state index in [1.807, 2.05) is 0 Å². The molecule has 0 aromatic heterocycles. The highest BCUT2D eigenvalue weighted by Crippen LogP contribution is 2.53. The van der Waals surface area contributed by atoms with E-state index in [4.69, 9.17) is 5.73 Å². The lowest BCUT2D eigenvalue weighted by molar-refractivity contribution is -0.131. The van der Waals surface area contributed by atoms with Crippen molar-refractivity contribution in [3.63, 3.8) is 0 Å². The van der Waals surface area contributed by atoms with Crippen LogP contribution in [0.15, 0.2) is 0 Å². The van der Waals surface area contributed by atoms with Gasteiger partial charge in [-0.15, -0.1) is 0 Å². The maximum atomic E-state index is 12.1. The van der Waals surface area contributed by atoms with Crippen molar-refractivity contribution in [2.45, 2.75) is 53.6 Å². The Hall–Kier alpha value is -0.570. The molecule has 1 aliphatic rings. The summed E-state index contributed by atoms with van der Waals surface area (Å²) in [6.45, 7) is 10.5. The number of nitrogens with two attached hydrogens (primary N) is 1. The Balaban J connectivity index is 2.85. The minimum Gasteiger partial charge on any atom is -0.341 e. The smallest absolute Gasteiger partial charge is 0.225 e. The summed E-state index contributed by atoms with van der Waals surface area (Å²) in [5, 5.41) is 2.83. The molecule has 0 bridgehead atoms. The van der Waals surface area contributed by atoms with Crippen molar-refractivity contribution in [1.29, 1.82) is 0 Å². The molecule has 3 nitrogen and oxygen atoms in total. The highest BCUT2D eigenvalue weighted by Gasteiger charge is 2.50. The number of nitrogens with one attached hydrogen (secondary N) is 1. The van der Waals surface area contributed by atoms with E-state index in [9.17, 15) is 4.79 Å². The number of hydrogen-bond donors (Lipinski definition) is 2. The fraction of sp³-hybridized carbons (Fsp3) is 0.917. The van der Waals surface area contributed by atoms with Gasteiger partial charge in [-0.3, -0.25) is 4.79 Å². The quantitative estimate of drug-likeness (QED) is 0.687. The van der Waals surface area contributed by atoms with Gasteiger partial charge in [-0.25, -0.2) is 0 Å². The largest absolute Gasteiger partial charge is 0.341 e. The maximum Gasteiger partial charge on any atom is 0.225 e. The maximum absolute atomic E-state index is 12.1. The topological polar surface area (TPSA) is 55.1 Å². The molecule has 3 N–H and O–H groups in total. The summed E-state index contributed by atoms with van der Waals surface area (Å²) in [7, 11) is 0. The molecule has 1 aliphatic carbocycles. The minimum absolute atomic E-state index is 0.0657. The van der Waals surface area contributed by atoms with Gasteiger partial charge in [0.15, 0.2) is 0 Å². The molecule has 0 spiro atoms. The van der Waals surface area contributed by atoms with Crippen LogP contribution in [0.3, 0.4) is 0 Å². The molecular weight excluding hydrogens is 188 g/mol. The van der Waals surface area contributed by atoms with Crippen molar-refractivity contribution in [2.75, 3.05) is 0 Å². The van der Waals surface area contributed by atoms with Gasteiger partial charge >= 0.3 is 0 Å². The first kappa shape index (κ1) is 12.5. The second-order valence-electron chi connectivity index (χ2n) is 6.21. The summed E-state index contributed by atoms with van der Waals surface area (Å²) in [6.07, 6.45) is 1.96. The predicted octanol–water partition coefficient (Wildman–Crippen LogP) is 1.87. The first-order chi connectivity index (χ1) is 6.67. The predicted molar refractivity (Wildman–Crippen MR) is 62.1 cm³/mol. The van der Waals surface area contributed by atoms with Crippen LogP contribution in [0.2, 0.25) is 0 Å². The van der Waals surface area contributed by atoms with Gasteiger partial charge in [0, 0.05) is 5.92 Å². The molecule has 0 heterocycles. The molecule has 88 valence electrons. The molecule has 0 saturated heterocycles. The van der Waals surface area contributed by atoms with Crippen molar-refractivity contribution in [3.8, 4) is 0 Å². The Kier molecular flexibility index (Phi) is 3.15. The summed E-state index contributed by atoms with van der Waals surface area (Å²) in [5.41, 5.74) is 5.78. The summed E-state index contributed by atoms with van der Waals surface area (Å²) < 4.78 is 0. The third kappa shape index (κ3) is 2.51. The SMILES string of the molecule is C[C@H](N)NC(=O)C1C(C)(C)CCC1(C)C. The summed E-state index contributed by atoms with van der Waals surface area (Å²) in [5.74, 6) is 0.175. The monoisotopic (exact) mass is 212 g/mol. The standard InChI is InChI=1S/C12H24N2O/c1-8(13)14-10(15)9-11(2,3)6-7-12(9,4)5/h8-9H,6-7,13H2,1-5H3,(H,14,15)/t8-/m1/s1. The number of amides is 1. The molecule has 1 atom stereocenters. The molecule has 0 aliphatic heterocycles. The summed E-state index contributed by atoms with van der Waals surface area (Å²) in [4.78, 5) is 12.1. The van der Waals surface area contributed by atoms with E-state index in [0.717, 1.165) is 12.8 Å². The average Bonchev–Trinajstić information content (AvgIpc) is 2.18. The Morgan fingerprint density at radius 2 is 1.67 bits per heavy atom. The first-order valence-corrected chi connectivity index (χ1v) is 5.73. The lowest BCUT2D eigenvalue weighted by atomic mass is 9.72. The van der Waals surface area contributed by atoms with Gasteiger partial charge in [0.2, 0.25) is 5.91 Å².